The van der Waals surface area contributed by atoms with Crippen LogP contribution in [-0.4, -0.2) is 26.1 Å². The van der Waals surface area contributed by atoms with Crippen LogP contribution in [0.25, 0.3) is 6.08 Å². The summed E-state index contributed by atoms with van der Waals surface area (Å²) in [5, 5.41) is 0.601. The number of ether oxygens (including phenoxy) is 3. The van der Waals surface area contributed by atoms with Crippen molar-refractivity contribution >= 4 is 52.1 Å². The summed E-state index contributed by atoms with van der Waals surface area (Å²) in [5.74, 6) is 0.969. The molecule has 0 radical (unpaired) electrons. The van der Waals surface area contributed by atoms with Gasteiger partial charge in [0.05, 0.1) is 17.8 Å². The number of rotatable bonds is 4. The van der Waals surface area contributed by atoms with Crippen molar-refractivity contribution in [2.45, 2.75) is 0 Å². The van der Waals surface area contributed by atoms with Gasteiger partial charge in [-0.1, -0.05) is 11.6 Å². The van der Waals surface area contributed by atoms with Gasteiger partial charge in [0.2, 0.25) is 5.90 Å². The molecule has 3 rings (SSSR count). The first kappa shape index (κ1) is 17.8. The van der Waals surface area contributed by atoms with E-state index in [1.165, 1.54) is 0 Å². The molecule has 0 spiro atoms. The van der Waals surface area contributed by atoms with Crippen LogP contribution in [0.15, 0.2) is 47.1 Å². The number of hydrogen-bond acceptors (Lipinski definition) is 5. The number of carbonyl (C=O) groups is 1. The Kier molecular flexibility index (Phi) is 5.29. The number of nitrogens with zero attached hydrogens (tertiary/aromatic N) is 1. The number of benzene rings is 2. The van der Waals surface area contributed by atoms with Gasteiger partial charge in [-0.05, 0) is 70.6 Å². The summed E-state index contributed by atoms with van der Waals surface area (Å²) < 4.78 is 16.7. The van der Waals surface area contributed by atoms with Gasteiger partial charge >= 0.3 is 5.97 Å². The molecule has 1 aliphatic rings. The third kappa shape index (κ3) is 3.80. The Morgan fingerprint density at radius 3 is 2.52 bits per heavy atom. The number of hydrogen-bond donors (Lipinski definition) is 0. The lowest BCUT2D eigenvalue weighted by Gasteiger charge is -2.10. The molecule has 2 aromatic rings. The van der Waals surface area contributed by atoms with Crippen molar-refractivity contribution in [2.24, 2.45) is 4.99 Å². The lowest BCUT2D eigenvalue weighted by molar-refractivity contribution is -0.129. The van der Waals surface area contributed by atoms with Crippen LogP contribution >= 0.6 is 34.2 Å². The molecule has 128 valence electrons. The van der Waals surface area contributed by atoms with Crippen LogP contribution < -0.4 is 9.47 Å². The van der Waals surface area contributed by atoms with Crippen LogP contribution in [0.3, 0.4) is 0 Å². The number of esters is 1. The highest BCUT2D eigenvalue weighted by Gasteiger charge is 2.24. The average molecular weight is 470 g/mol. The first-order valence-electron chi connectivity index (χ1n) is 7.22. The predicted octanol–water partition coefficient (Wildman–Crippen LogP) is 4.31. The minimum atomic E-state index is -0.505. The molecule has 2 aromatic carbocycles. The zero-order valence-corrected chi connectivity index (χ0v) is 16.3. The zero-order chi connectivity index (χ0) is 18.0. The van der Waals surface area contributed by atoms with E-state index in [2.05, 4.69) is 27.6 Å². The smallest absolute Gasteiger partial charge is 0.363 e. The second-order valence-corrected chi connectivity index (χ2v) is 6.68. The molecule has 1 aliphatic heterocycles. The second kappa shape index (κ2) is 7.45. The highest BCUT2D eigenvalue weighted by atomic mass is 127. The van der Waals surface area contributed by atoms with Crippen molar-refractivity contribution in [3.05, 3.63) is 61.8 Å². The average Bonchev–Trinajstić information content (AvgIpc) is 2.95. The van der Waals surface area contributed by atoms with E-state index in [1.54, 1.807) is 50.6 Å². The molecular weight excluding hydrogens is 457 g/mol. The van der Waals surface area contributed by atoms with Gasteiger partial charge in [0.15, 0.2) is 17.2 Å². The van der Waals surface area contributed by atoms with Crippen LogP contribution in [0.1, 0.15) is 11.1 Å². The van der Waals surface area contributed by atoms with E-state index in [9.17, 15) is 4.79 Å². The first-order valence-corrected chi connectivity index (χ1v) is 8.67. The van der Waals surface area contributed by atoms with Crippen LogP contribution in [0.2, 0.25) is 5.02 Å². The maximum atomic E-state index is 12.1. The largest absolute Gasteiger partial charge is 0.493 e. The molecule has 0 atom stereocenters. The van der Waals surface area contributed by atoms with Crippen LogP contribution in [0.5, 0.6) is 11.5 Å². The fourth-order valence-corrected chi connectivity index (χ4v) is 3.28. The number of methoxy groups -OCH3 is 2. The summed E-state index contributed by atoms with van der Waals surface area (Å²) in [7, 11) is 3.14. The third-order valence-electron chi connectivity index (χ3n) is 3.47. The van der Waals surface area contributed by atoms with Crippen molar-refractivity contribution in [3.63, 3.8) is 0 Å². The lowest BCUT2D eigenvalue weighted by Crippen LogP contribution is -2.05. The Morgan fingerprint density at radius 1 is 1.16 bits per heavy atom. The highest BCUT2D eigenvalue weighted by Crippen LogP contribution is 2.34. The van der Waals surface area contributed by atoms with E-state index < -0.39 is 5.97 Å². The summed E-state index contributed by atoms with van der Waals surface area (Å²) in [5.41, 5.74) is 1.66. The minimum Gasteiger partial charge on any atom is -0.493 e. The van der Waals surface area contributed by atoms with Crippen LogP contribution in [0.4, 0.5) is 0 Å². The molecule has 0 saturated carbocycles. The lowest BCUT2D eigenvalue weighted by atomic mass is 10.1. The molecule has 0 fully saturated rings. The maximum Gasteiger partial charge on any atom is 0.363 e. The van der Waals surface area contributed by atoms with Crippen molar-refractivity contribution in [3.8, 4) is 11.5 Å². The standard InChI is InChI=1S/C18H13ClINO4/c1-23-15-9-10(7-13(20)16(15)24-2)8-14-18(22)25-17(21-14)11-3-5-12(19)6-4-11/h3-9H,1-2H3/b14-8-. The summed E-state index contributed by atoms with van der Waals surface area (Å²) in [6.07, 6.45) is 1.65. The van der Waals surface area contributed by atoms with Gasteiger partial charge in [0.1, 0.15) is 0 Å². The summed E-state index contributed by atoms with van der Waals surface area (Å²) in [6, 6.07) is 10.6. The topological polar surface area (TPSA) is 57.1 Å². The van der Waals surface area contributed by atoms with E-state index in [4.69, 9.17) is 25.8 Å². The molecule has 0 saturated heterocycles. The van der Waals surface area contributed by atoms with Gasteiger partial charge in [-0.15, -0.1) is 0 Å². The molecule has 5 nitrogen and oxygen atoms in total. The Hall–Kier alpha value is -2.06. The molecule has 0 unspecified atom stereocenters. The van der Waals surface area contributed by atoms with E-state index in [0.29, 0.717) is 22.1 Å². The van der Waals surface area contributed by atoms with Gasteiger partial charge in [-0.3, -0.25) is 0 Å². The van der Waals surface area contributed by atoms with Gasteiger partial charge in [0.25, 0.3) is 0 Å². The number of halogens is 2. The first-order chi connectivity index (χ1) is 12.0. The van der Waals surface area contributed by atoms with Crippen molar-refractivity contribution in [2.75, 3.05) is 14.2 Å². The summed E-state index contributed by atoms with van der Waals surface area (Å²) in [4.78, 5) is 16.4. The Morgan fingerprint density at radius 2 is 1.88 bits per heavy atom. The number of cyclic esters (lactones) is 1. The quantitative estimate of drug-likeness (QED) is 0.380. The maximum absolute atomic E-state index is 12.1. The van der Waals surface area contributed by atoms with Crippen LogP contribution in [0, 0.1) is 3.57 Å². The molecule has 25 heavy (non-hydrogen) atoms. The van der Waals surface area contributed by atoms with Gasteiger partial charge in [-0.25, -0.2) is 9.79 Å². The fraction of sp³-hybridized carbons (Fsp3) is 0.111. The number of carbonyl (C=O) groups excluding carboxylic acids is 1. The van der Waals surface area contributed by atoms with Gasteiger partial charge in [-0.2, -0.15) is 0 Å². The second-order valence-electron chi connectivity index (χ2n) is 5.08. The normalized spacial score (nSPS) is 15.1. The zero-order valence-electron chi connectivity index (χ0n) is 13.4. The fourth-order valence-electron chi connectivity index (χ4n) is 2.30. The van der Waals surface area contributed by atoms with Crippen LogP contribution in [-0.2, 0) is 9.53 Å². The van der Waals surface area contributed by atoms with Crippen molar-refractivity contribution < 1.29 is 19.0 Å². The minimum absolute atomic E-state index is 0.216. The Bertz CT molecular complexity index is 891. The van der Waals surface area contributed by atoms with Crippen molar-refractivity contribution in [1.82, 2.24) is 0 Å². The molecular formula is C18H13ClINO4. The monoisotopic (exact) mass is 469 g/mol. The molecule has 0 amide bonds. The molecule has 7 heteroatoms. The van der Waals surface area contributed by atoms with E-state index in [-0.39, 0.29) is 11.6 Å². The SMILES string of the molecule is COc1cc(/C=C2\N=C(c3ccc(Cl)cc3)OC2=O)cc(I)c1OC. The van der Waals surface area contributed by atoms with Crippen molar-refractivity contribution in [1.29, 1.82) is 0 Å². The van der Waals surface area contributed by atoms with Gasteiger partial charge < -0.3 is 14.2 Å². The van der Waals surface area contributed by atoms with E-state index in [1.807, 2.05) is 6.07 Å². The molecule has 0 aliphatic carbocycles. The number of aliphatic imine (C=N–C) groups is 1. The molecule has 0 aromatic heterocycles. The Balaban J connectivity index is 1.97. The molecule has 1 heterocycles. The molecule has 0 bridgehead atoms. The molecule has 0 N–H and O–H groups in total. The summed E-state index contributed by atoms with van der Waals surface area (Å²) >= 11 is 8.01. The van der Waals surface area contributed by atoms with Gasteiger partial charge in [0, 0.05) is 10.6 Å². The summed E-state index contributed by atoms with van der Waals surface area (Å²) in [6.45, 7) is 0. The predicted molar refractivity (Wildman–Crippen MR) is 104 cm³/mol. The third-order valence-corrected chi connectivity index (χ3v) is 4.52. The Labute approximate surface area is 163 Å². The van der Waals surface area contributed by atoms with E-state index in [0.717, 1.165) is 9.13 Å². The van der Waals surface area contributed by atoms with E-state index >= 15 is 0 Å². The highest BCUT2D eigenvalue weighted by molar-refractivity contribution is 14.1.